The molecule has 0 aliphatic carbocycles. The highest BCUT2D eigenvalue weighted by molar-refractivity contribution is 8.01. The summed E-state index contributed by atoms with van der Waals surface area (Å²) in [4.78, 5) is 24.5. The number of esters is 1. The zero-order valence-electron chi connectivity index (χ0n) is 13.5. The van der Waals surface area contributed by atoms with E-state index in [0.29, 0.717) is 20.9 Å². The second-order valence-electron chi connectivity index (χ2n) is 4.70. The number of halogens is 1. The van der Waals surface area contributed by atoms with Gasteiger partial charge in [-0.15, -0.1) is 22.0 Å². The van der Waals surface area contributed by atoms with Crippen LogP contribution in [0.25, 0.3) is 0 Å². The highest BCUT2D eigenvalue weighted by Crippen LogP contribution is 2.29. The van der Waals surface area contributed by atoms with Crippen LogP contribution in [0.15, 0.2) is 33.5 Å². The molecule has 0 saturated carbocycles. The van der Waals surface area contributed by atoms with Gasteiger partial charge in [0.25, 0.3) is 0 Å². The smallest absolute Gasteiger partial charge is 0.316 e. The molecule has 0 fully saturated rings. The van der Waals surface area contributed by atoms with Gasteiger partial charge in [-0.2, -0.15) is 0 Å². The number of rotatable bonds is 8. The van der Waals surface area contributed by atoms with Crippen molar-refractivity contribution in [1.29, 1.82) is 0 Å². The number of benzene rings is 1. The fourth-order valence-electron chi connectivity index (χ4n) is 1.68. The van der Waals surface area contributed by atoms with Crippen molar-refractivity contribution in [3.8, 4) is 0 Å². The molecule has 10 heteroatoms. The number of methoxy groups -OCH3 is 1. The van der Waals surface area contributed by atoms with E-state index in [1.807, 2.05) is 19.1 Å². The van der Waals surface area contributed by atoms with Crippen LogP contribution >= 0.6 is 46.5 Å². The first-order valence-corrected chi connectivity index (χ1v) is 10.3. The molecule has 1 amide bonds. The van der Waals surface area contributed by atoms with E-state index in [0.717, 1.165) is 4.90 Å². The Morgan fingerprint density at radius 2 is 2.04 bits per heavy atom. The molecule has 6 nitrogen and oxygen atoms in total. The predicted octanol–water partition coefficient (Wildman–Crippen LogP) is 3.97. The monoisotopic (exact) mass is 417 g/mol. The Balaban J connectivity index is 1.91. The minimum Gasteiger partial charge on any atom is -0.468 e. The Morgan fingerprint density at radius 3 is 2.68 bits per heavy atom. The molecule has 1 atom stereocenters. The van der Waals surface area contributed by atoms with E-state index in [1.165, 1.54) is 42.0 Å². The number of hydrogen-bond donors (Lipinski definition) is 1. The summed E-state index contributed by atoms with van der Waals surface area (Å²) < 4.78 is 5.17. The predicted molar refractivity (Wildman–Crippen MR) is 103 cm³/mol. The lowest BCUT2D eigenvalue weighted by Gasteiger charge is -2.13. The lowest BCUT2D eigenvalue weighted by Crippen LogP contribution is -2.24. The van der Waals surface area contributed by atoms with E-state index in [4.69, 9.17) is 11.6 Å². The summed E-state index contributed by atoms with van der Waals surface area (Å²) >= 11 is 9.79. The van der Waals surface area contributed by atoms with Crippen molar-refractivity contribution in [3.63, 3.8) is 0 Å². The molecular formula is C15H16ClN3O3S3. The normalized spacial score (nSPS) is 11.8. The Hall–Kier alpha value is -1.29. The maximum Gasteiger partial charge on any atom is 0.316 e. The number of carbonyl (C=O) groups is 2. The fourth-order valence-corrected chi connectivity index (χ4v) is 4.35. The molecule has 2 rings (SSSR count). The lowest BCUT2D eigenvalue weighted by molar-refractivity contribution is -0.137. The van der Waals surface area contributed by atoms with E-state index < -0.39 is 0 Å². The van der Waals surface area contributed by atoms with Gasteiger partial charge >= 0.3 is 5.97 Å². The number of amides is 1. The number of hydrogen-bond acceptors (Lipinski definition) is 8. The van der Waals surface area contributed by atoms with Crippen molar-refractivity contribution in [1.82, 2.24) is 10.2 Å². The third-order valence-corrected chi connectivity index (χ3v) is 6.51. The van der Waals surface area contributed by atoms with Crippen molar-refractivity contribution in [2.24, 2.45) is 0 Å². The first kappa shape index (κ1) is 20.0. The van der Waals surface area contributed by atoms with Gasteiger partial charge in [0.1, 0.15) is 0 Å². The molecule has 2 aromatic rings. The van der Waals surface area contributed by atoms with Crippen molar-refractivity contribution < 1.29 is 14.3 Å². The molecule has 0 spiro atoms. The van der Waals surface area contributed by atoms with Gasteiger partial charge in [0.15, 0.2) is 4.34 Å². The molecule has 1 aromatic heterocycles. The van der Waals surface area contributed by atoms with Crippen LogP contribution in [-0.2, 0) is 14.3 Å². The highest BCUT2D eigenvalue weighted by Gasteiger charge is 2.20. The zero-order chi connectivity index (χ0) is 18.2. The quantitative estimate of drug-likeness (QED) is 0.395. The number of ether oxygens (including phenoxy) is 1. The van der Waals surface area contributed by atoms with Crippen LogP contribution in [0.5, 0.6) is 0 Å². The maximum absolute atomic E-state index is 12.4. The number of nitrogens with one attached hydrogen (secondary N) is 1. The third-order valence-electron chi connectivity index (χ3n) is 2.93. The Kier molecular flexibility index (Phi) is 8.01. The van der Waals surface area contributed by atoms with Gasteiger partial charge in [0, 0.05) is 9.92 Å². The maximum atomic E-state index is 12.4. The van der Waals surface area contributed by atoms with Crippen LogP contribution in [0.4, 0.5) is 5.13 Å². The molecule has 25 heavy (non-hydrogen) atoms. The molecule has 1 N–H and O–H groups in total. The molecule has 0 radical (unpaired) electrons. The number of nitrogens with zero attached hydrogens (tertiary/aromatic N) is 2. The van der Waals surface area contributed by atoms with Crippen LogP contribution in [0.3, 0.4) is 0 Å². The molecule has 1 heterocycles. The van der Waals surface area contributed by atoms with Gasteiger partial charge in [-0.1, -0.05) is 41.6 Å². The average molecular weight is 418 g/mol. The van der Waals surface area contributed by atoms with Crippen LogP contribution in [0.1, 0.15) is 13.3 Å². The summed E-state index contributed by atoms with van der Waals surface area (Å²) in [6.45, 7) is 1.95. The van der Waals surface area contributed by atoms with Crippen molar-refractivity contribution in [2.75, 3.05) is 18.2 Å². The second kappa shape index (κ2) is 10.0. The molecular weight excluding hydrogens is 402 g/mol. The van der Waals surface area contributed by atoms with Gasteiger partial charge in [-0.25, -0.2) is 0 Å². The van der Waals surface area contributed by atoms with Crippen molar-refractivity contribution >= 4 is 63.5 Å². The zero-order valence-corrected chi connectivity index (χ0v) is 16.7. The number of aromatic nitrogens is 2. The fraction of sp³-hybridized carbons (Fsp3) is 0.333. The molecule has 0 unspecified atom stereocenters. The lowest BCUT2D eigenvalue weighted by atomic mass is 10.3. The van der Waals surface area contributed by atoms with Crippen LogP contribution in [0, 0.1) is 0 Å². The molecule has 1 aromatic carbocycles. The standard InChI is InChI=1S/C15H16ClN3O3S3/c1-3-11(24-10-6-4-9(16)5-7-10)13(21)17-14-18-19-15(25-14)23-8-12(20)22-2/h4-7,11H,3,8H2,1-2H3,(H,17,18,21)/t11-/m0/s1. The molecule has 0 saturated heterocycles. The molecule has 134 valence electrons. The van der Waals surface area contributed by atoms with E-state index >= 15 is 0 Å². The van der Waals surface area contributed by atoms with Crippen LogP contribution in [0.2, 0.25) is 5.02 Å². The van der Waals surface area contributed by atoms with Gasteiger partial charge in [0.2, 0.25) is 11.0 Å². The number of carbonyl (C=O) groups excluding carboxylic acids is 2. The highest BCUT2D eigenvalue weighted by atomic mass is 35.5. The van der Waals surface area contributed by atoms with E-state index in [9.17, 15) is 9.59 Å². The Labute approximate surface area is 163 Å². The summed E-state index contributed by atoms with van der Waals surface area (Å²) in [6.07, 6.45) is 0.669. The molecule has 0 aliphatic heterocycles. The minimum atomic E-state index is -0.337. The largest absolute Gasteiger partial charge is 0.468 e. The van der Waals surface area contributed by atoms with E-state index in [-0.39, 0.29) is 22.9 Å². The van der Waals surface area contributed by atoms with Crippen LogP contribution < -0.4 is 5.32 Å². The Morgan fingerprint density at radius 1 is 1.32 bits per heavy atom. The summed E-state index contributed by atoms with van der Waals surface area (Å²) in [7, 11) is 1.33. The average Bonchev–Trinajstić information content (AvgIpc) is 3.06. The summed E-state index contributed by atoms with van der Waals surface area (Å²) in [5, 5.41) is 11.5. The second-order valence-corrected chi connectivity index (χ2v) is 8.61. The first-order chi connectivity index (χ1) is 12.0. The minimum absolute atomic E-state index is 0.136. The van der Waals surface area contributed by atoms with Gasteiger partial charge in [0.05, 0.1) is 18.1 Å². The third kappa shape index (κ3) is 6.50. The first-order valence-electron chi connectivity index (χ1n) is 7.28. The van der Waals surface area contributed by atoms with Crippen molar-refractivity contribution in [3.05, 3.63) is 29.3 Å². The number of thioether (sulfide) groups is 2. The van der Waals surface area contributed by atoms with E-state index in [1.54, 1.807) is 12.1 Å². The van der Waals surface area contributed by atoms with E-state index in [2.05, 4.69) is 20.3 Å². The Bertz CT molecular complexity index is 724. The summed E-state index contributed by atoms with van der Waals surface area (Å²) in [5.41, 5.74) is 0. The van der Waals surface area contributed by atoms with Gasteiger partial charge in [-0.05, 0) is 30.7 Å². The molecule has 0 aliphatic rings. The van der Waals surface area contributed by atoms with Gasteiger partial charge in [-0.3, -0.25) is 14.9 Å². The summed E-state index contributed by atoms with van der Waals surface area (Å²) in [6, 6.07) is 7.36. The van der Waals surface area contributed by atoms with Crippen molar-refractivity contribution in [2.45, 2.75) is 27.8 Å². The number of anilines is 1. The SMILES string of the molecule is CC[C@H](Sc1ccc(Cl)cc1)C(=O)Nc1nnc(SCC(=O)OC)s1. The molecule has 0 bridgehead atoms. The topological polar surface area (TPSA) is 81.2 Å². The van der Waals surface area contributed by atoms with Crippen LogP contribution in [-0.4, -0.2) is 40.2 Å². The summed E-state index contributed by atoms with van der Waals surface area (Å²) in [5.74, 6) is -0.317. The van der Waals surface area contributed by atoms with Gasteiger partial charge < -0.3 is 4.74 Å².